The van der Waals surface area contributed by atoms with Crippen molar-refractivity contribution < 1.29 is 27.8 Å². The minimum absolute atomic E-state index is 0.122. The van der Waals surface area contributed by atoms with Crippen molar-refractivity contribution in [2.75, 3.05) is 31.1 Å². The summed E-state index contributed by atoms with van der Waals surface area (Å²) in [5, 5.41) is 10.5. The van der Waals surface area contributed by atoms with E-state index in [2.05, 4.69) is 9.97 Å². The van der Waals surface area contributed by atoms with Gasteiger partial charge in [0.2, 0.25) is 5.95 Å². The number of hydrogen-bond donors (Lipinski definition) is 2. The number of halogens is 3. The maximum absolute atomic E-state index is 12.6. The lowest BCUT2D eigenvalue weighted by Gasteiger charge is -2.40. The molecule has 0 aliphatic carbocycles. The molecular formula is C17H24F3N5O3. The number of rotatable bonds is 5. The van der Waals surface area contributed by atoms with Crippen molar-refractivity contribution in [3.63, 3.8) is 0 Å². The summed E-state index contributed by atoms with van der Waals surface area (Å²) >= 11 is 0. The number of likely N-dealkylation sites (tertiary alicyclic amines) is 1. The highest BCUT2D eigenvalue weighted by Crippen LogP contribution is 2.29. The molecule has 1 aromatic rings. The third-order valence-electron chi connectivity index (χ3n) is 4.95. The van der Waals surface area contributed by atoms with Crippen LogP contribution in [0.1, 0.15) is 25.3 Å². The fourth-order valence-electron chi connectivity index (χ4n) is 3.52. The number of hydrogen-bond acceptors (Lipinski definition) is 7. The van der Waals surface area contributed by atoms with Crippen LogP contribution in [0.3, 0.4) is 0 Å². The molecule has 0 unspecified atom stereocenters. The Hall–Kier alpha value is -1.98. The molecule has 4 atom stereocenters. The maximum Gasteiger partial charge on any atom is 0.419 e. The number of piperidine rings is 1. The molecule has 3 rings (SSSR count). The van der Waals surface area contributed by atoms with Crippen LogP contribution in [0.5, 0.6) is 0 Å². The quantitative estimate of drug-likeness (QED) is 0.733. The van der Waals surface area contributed by atoms with Crippen molar-refractivity contribution in [1.29, 1.82) is 0 Å². The number of nitrogens with two attached hydrogens (primary N) is 1. The van der Waals surface area contributed by atoms with Crippen molar-refractivity contribution in [3.8, 4) is 0 Å². The van der Waals surface area contributed by atoms with Gasteiger partial charge < -0.3 is 25.4 Å². The normalized spacial score (nSPS) is 27.4. The first-order chi connectivity index (χ1) is 13.2. The average Bonchev–Trinajstić information content (AvgIpc) is 3.00. The fraction of sp³-hybridized carbons (Fsp3) is 0.706. The number of aliphatic hydroxyl groups excluding tert-OH is 1. The molecule has 1 amide bonds. The van der Waals surface area contributed by atoms with Crippen molar-refractivity contribution in [2.24, 2.45) is 5.73 Å². The number of aliphatic hydroxyl groups is 1. The van der Waals surface area contributed by atoms with Crippen LogP contribution in [0.15, 0.2) is 12.4 Å². The van der Waals surface area contributed by atoms with Crippen LogP contribution in [-0.2, 0) is 15.7 Å². The molecule has 2 fully saturated rings. The first-order valence-electron chi connectivity index (χ1n) is 9.16. The molecule has 1 aromatic heterocycles. The summed E-state index contributed by atoms with van der Waals surface area (Å²) in [6, 6.07) is -0.540. The van der Waals surface area contributed by atoms with E-state index in [0.29, 0.717) is 25.9 Å². The summed E-state index contributed by atoms with van der Waals surface area (Å²) in [6.07, 6.45) is -3.46. The second kappa shape index (κ2) is 8.18. The number of carbonyl (C=O) groups excluding carboxylic acids is 1. The van der Waals surface area contributed by atoms with Crippen molar-refractivity contribution in [2.45, 2.75) is 50.2 Å². The third kappa shape index (κ3) is 4.53. The van der Waals surface area contributed by atoms with Crippen molar-refractivity contribution in [1.82, 2.24) is 14.9 Å². The largest absolute Gasteiger partial charge is 0.419 e. The predicted molar refractivity (Wildman–Crippen MR) is 93.4 cm³/mol. The van der Waals surface area contributed by atoms with E-state index in [1.54, 1.807) is 16.7 Å². The molecule has 11 heteroatoms. The molecule has 2 saturated heterocycles. The fourth-order valence-corrected chi connectivity index (χ4v) is 3.52. The number of nitrogens with zero attached hydrogens (tertiary/aromatic N) is 4. The molecule has 3 heterocycles. The Morgan fingerprint density at radius 3 is 2.57 bits per heavy atom. The zero-order chi connectivity index (χ0) is 20.5. The topological polar surface area (TPSA) is 105 Å². The van der Waals surface area contributed by atoms with Gasteiger partial charge in [0.25, 0.3) is 5.91 Å². The molecule has 2 aliphatic heterocycles. The van der Waals surface area contributed by atoms with Crippen LogP contribution in [0.25, 0.3) is 0 Å². The zero-order valence-electron chi connectivity index (χ0n) is 15.5. The van der Waals surface area contributed by atoms with Gasteiger partial charge in [-0.25, -0.2) is 9.97 Å². The number of anilines is 1. The van der Waals surface area contributed by atoms with E-state index < -0.39 is 23.9 Å². The minimum Gasteiger partial charge on any atom is -0.389 e. The SMILES string of the molecule is C[C@H](N)CO[C@@H]1CCN([C@H]2CCN(c3ncc(C(F)(F)F)cn3)C[C@@H]2O)C1=O. The molecular weight excluding hydrogens is 379 g/mol. The molecule has 28 heavy (non-hydrogen) atoms. The van der Waals surface area contributed by atoms with E-state index in [4.69, 9.17) is 10.5 Å². The summed E-state index contributed by atoms with van der Waals surface area (Å²) in [4.78, 5) is 23.3. The van der Waals surface area contributed by atoms with Gasteiger partial charge in [-0.05, 0) is 13.3 Å². The number of amides is 1. The van der Waals surface area contributed by atoms with Crippen LogP contribution in [0.2, 0.25) is 0 Å². The average molecular weight is 403 g/mol. The van der Waals surface area contributed by atoms with Gasteiger partial charge in [-0.2, -0.15) is 13.2 Å². The van der Waals surface area contributed by atoms with Crippen LogP contribution in [0.4, 0.5) is 19.1 Å². The van der Waals surface area contributed by atoms with E-state index in [-0.39, 0.29) is 37.1 Å². The molecule has 0 saturated carbocycles. The smallest absolute Gasteiger partial charge is 0.389 e. The summed E-state index contributed by atoms with van der Waals surface area (Å²) < 4.78 is 43.4. The van der Waals surface area contributed by atoms with Gasteiger partial charge in [0, 0.05) is 44.5 Å². The minimum atomic E-state index is -4.50. The Balaban J connectivity index is 1.59. The van der Waals surface area contributed by atoms with Crippen molar-refractivity contribution in [3.05, 3.63) is 18.0 Å². The number of aromatic nitrogens is 2. The van der Waals surface area contributed by atoms with Crippen LogP contribution in [-0.4, -0.2) is 76.4 Å². The molecule has 2 aliphatic rings. The summed E-state index contributed by atoms with van der Waals surface area (Å²) in [6.45, 7) is 3.12. The Kier molecular flexibility index (Phi) is 6.06. The molecule has 3 N–H and O–H groups in total. The lowest BCUT2D eigenvalue weighted by Crippen LogP contribution is -2.55. The zero-order valence-corrected chi connectivity index (χ0v) is 15.5. The second-order valence-electron chi connectivity index (χ2n) is 7.26. The standard InChI is InChI=1S/C17H24F3N5O3/c1-10(21)9-28-14-3-5-25(15(14)27)12-2-4-24(8-13(12)26)16-22-6-11(7-23-16)17(18,19)20/h6-7,10,12-14,26H,2-5,8-9,21H2,1H3/t10-,12-,13-,14+/m0/s1. The van der Waals surface area contributed by atoms with E-state index in [1.165, 1.54) is 0 Å². The first kappa shape index (κ1) is 20.7. The second-order valence-corrected chi connectivity index (χ2v) is 7.26. The molecule has 8 nitrogen and oxygen atoms in total. The molecule has 0 bridgehead atoms. The Bertz CT molecular complexity index is 686. The monoisotopic (exact) mass is 403 g/mol. The highest BCUT2D eigenvalue weighted by Gasteiger charge is 2.41. The third-order valence-corrected chi connectivity index (χ3v) is 4.95. The van der Waals surface area contributed by atoms with Gasteiger partial charge in [0.1, 0.15) is 6.10 Å². The lowest BCUT2D eigenvalue weighted by molar-refractivity contribution is -0.141. The Labute approximate surface area is 160 Å². The van der Waals surface area contributed by atoms with Gasteiger partial charge in [-0.3, -0.25) is 4.79 Å². The highest BCUT2D eigenvalue weighted by atomic mass is 19.4. The molecule has 0 spiro atoms. The summed E-state index contributed by atoms with van der Waals surface area (Å²) in [5.74, 6) is -0.0414. The Morgan fingerprint density at radius 2 is 2.00 bits per heavy atom. The van der Waals surface area contributed by atoms with Gasteiger partial charge in [-0.15, -0.1) is 0 Å². The number of ether oxygens (including phenoxy) is 1. The number of carbonyl (C=O) groups is 1. The first-order valence-corrected chi connectivity index (χ1v) is 9.16. The van der Waals surface area contributed by atoms with E-state index in [0.717, 1.165) is 12.4 Å². The molecule has 156 valence electrons. The summed E-state index contributed by atoms with van der Waals surface area (Å²) in [5.41, 5.74) is 4.73. The van der Waals surface area contributed by atoms with Crippen molar-refractivity contribution >= 4 is 11.9 Å². The van der Waals surface area contributed by atoms with Gasteiger partial charge in [0.05, 0.1) is 24.3 Å². The van der Waals surface area contributed by atoms with Gasteiger partial charge >= 0.3 is 6.18 Å². The predicted octanol–water partition coefficient (Wildman–Crippen LogP) is 0.400. The van der Waals surface area contributed by atoms with E-state index in [9.17, 15) is 23.1 Å². The summed E-state index contributed by atoms with van der Waals surface area (Å²) in [7, 11) is 0. The lowest BCUT2D eigenvalue weighted by atomic mass is 10.0. The van der Waals surface area contributed by atoms with E-state index in [1.807, 2.05) is 0 Å². The Morgan fingerprint density at radius 1 is 1.32 bits per heavy atom. The maximum atomic E-state index is 12.6. The van der Waals surface area contributed by atoms with E-state index >= 15 is 0 Å². The number of β-amino-alcohol motifs (C(OH)–C–C–N with tert-alkyl or cyclic N) is 1. The molecule has 0 aromatic carbocycles. The van der Waals surface area contributed by atoms with Crippen LogP contribution >= 0.6 is 0 Å². The van der Waals surface area contributed by atoms with Crippen LogP contribution < -0.4 is 10.6 Å². The van der Waals surface area contributed by atoms with Crippen LogP contribution in [0, 0.1) is 0 Å². The van der Waals surface area contributed by atoms with Gasteiger partial charge in [0.15, 0.2) is 0 Å². The highest BCUT2D eigenvalue weighted by molar-refractivity contribution is 5.83. The number of alkyl halides is 3. The molecule has 0 radical (unpaired) electrons. The van der Waals surface area contributed by atoms with Gasteiger partial charge in [-0.1, -0.05) is 0 Å².